The molecule has 2 aliphatic rings. The first-order valence-corrected chi connectivity index (χ1v) is 7.05. The maximum atomic E-state index is 6.21. The average Bonchev–Trinajstić information content (AvgIpc) is 2.30. The number of hydrogen-bond acceptors (Lipinski definition) is 1. The Balaban J connectivity index is 1.97. The van der Waals surface area contributed by atoms with Gasteiger partial charge in [-0.15, -0.1) is 0 Å². The summed E-state index contributed by atoms with van der Waals surface area (Å²) in [5.41, 5.74) is 6.38. The zero-order chi connectivity index (χ0) is 11.4. The molecule has 2 heteroatoms. The van der Waals surface area contributed by atoms with E-state index in [9.17, 15) is 0 Å². The van der Waals surface area contributed by atoms with Gasteiger partial charge in [0.1, 0.15) is 0 Å². The van der Waals surface area contributed by atoms with Crippen molar-refractivity contribution >= 4 is 5.84 Å². The van der Waals surface area contributed by atoms with Crippen LogP contribution in [0, 0.1) is 5.92 Å². The van der Waals surface area contributed by atoms with Gasteiger partial charge in [-0.25, -0.2) is 0 Å². The Labute approximate surface area is 99.7 Å². The Kier molecular flexibility index (Phi) is 3.88. The number of hydrogen-bond donors (Lipinski definition) is 1. The maximum Gasteiger partial charge on any atom is 0.0975 e. The highest BCUT2D eigenvalue weighted by molar-refractivity contribution is 5.83. The molecule has 16 heavy (non-hydrogen) atoms. The number of nitrogens with zero attached hydrogens (tertiary/aromatic N) is 1. The topological polar surface area (TPSA) is 38.4 Å². The Hall–Kier alpha value is -0.530. The van der Waals surface area contributed by atoms with E-state index in [-0.39, 0.29) is 5.54 Å². The minimum atomic E-state index is 0.166. The van der Waals surface area contributed by atoms with Gasteiger partial charge in [-0.05, 0) is 32.6 Å². The van der Waals surface area contributed by atoms with Gasteiger partial charge in [-0.2, -0.15) is 0 Å². The molecule has 92 valence electrons. The lowest BCUT2D eigenvalue weighted by atomic mass is 9.83. The van der Waals surface area contributed by atoms with Crippen LogP contribution in [0.1, 0.15) is 71.1 Å². The summed E-state index contributed by atoms with van der Waals surface area (Å²) < 4.78 is 0. The second-order valence-corrected chi connectivity index (χ2v) is 5.93. The van der Waals surface area contributed by atoms with Gasteiger partial charge in [-0.3, -0.25) is 4.99 Å². The van der Waals surface area contributed by atoms with E-state index in [1.807, 2.05) is 0 Å². The highest BCUT2D eigenvalue weighted by Gasteiger charge is 2.27. The van der Waals surface area contributed by atoms with Crippen LogP contribution in [-0.4, -0.2) is 11.4 Å². The van der Waals surface area contributed by atoms with Crippen molar-refractivity contribution in [2.75, 3.05) is 0 Å². The summed E-state index contributed by atoms with van der Waals surface area (Å²) in [7, 11) is 0. The Morgan fingerprint density at radius 1 is 1.00 bits per heavy atom. The maximum absolute atomic E-state index is 6.21. The van der Waals surface area contributed by atoms with E-state index in [1.165, 1.54) is 64.2 Å². The molecule has 0 aromatic carbocycles. The van der Waals surface area contributed by atoms with Crippen LogP contribution in [0.4, 0.5) is 0 Å². The average molecular weight is 222 g/mol. The smallest absolute Gasteiger partial charge is 0.0975 e. The molecule has 2 rings (SSSR count). The van der Waals surface area contributed by atoms with Crippen LogP contribution in [0.15, 0.2) is 4.99 Å². The second-order valence-electron chi connectivity index (χ2n) is 5.93. The van der Waals surface area contributed by atoms with Gasteiger partial charge in [-0.1, -0.05) is 38.5 Å². The normalized spacial score (nSPS) is 27.9. The predicted octanol–water partition coefficient (Wildman–Crippen LogP) is 3.65. The molecule has 0 saturated heterocycles. The minimum absolute atomic E-state index is 0.166. The molecule has 0 spiro atoms. The van der Waals surface area contributed by atoms with E-state index >= 15 is 0 Å². The lowest BCUT2D eigenvalue weighted by molar-refractivity contribution is 0.321. The molecule has 0 radical (unpaired) electrons. The number of aliphatic imine (C=N–C) groups is 1. The Bertz CT molecular complexity index is 245. The van der Waals surface area contributed by atoms with Gasteiger partial charge in [0.15, 0.2) is 0 Å². The molecule has 2 N–H and O–H groups in total. The summed E-state index contributed by atoms with van der Waals surface area (Å²) in [5, 5.41) is 0. The van der Waals surface area contributed by atoms with E-state index < -0.39 is 0 Å². The molecule has 0 unspecified atom stereocenters. The van der Waals surface area contributed by atoms with Crippen LogP contribution < -0.4 is 5.73 Å². The highest BCUT2D eigenvalue weighted by atomic mass is 14.9. The van der Waals surface area contributed by atoms with Crippen molar-refractivity contribution in [1.82, 2.24) is 0 Å². The molecule has 0 heterocycles. The van der Waals surface area contributed by atoms with Gasteiger partial charge >= 0.3 is 0 Å². The third-order valence-electron chi connectivity index (χ3n) is 4.35. The molecule has 2 fully saturated rings. The zero-order valence-electron chi connectivity index (χ0n) is 10.7. The van der Waals surface area contributed by atoms with Crippen molar-refractivity contribution in [3.63, 3.8) is 0 Å². The lowest BCUT2D eigenvalue weighted by Crippen LogP contribution is -2.33. The van der Waals surface area contributed by atoms with Crippen molar-refractivity contribution in [2.24, 2.45) is 16.6 Å². The quantitative estimate of drug-likeness (QED) is 0.562. The summed E-state index contributed by atoms with van der Waals surface area (Å²) in [6.45, 7) is 2.29. The summed E-state index contributed by atoms with van der Waals surface area (Å²) in [5.74, 6) is 1.55. The molecule has 0 aliphatic heterocycles. The van der Waals surface area contributed by atoms with Crippen molar-refractivity contribution < 1.29 is 0 Å². The molecule has 0 amide bonds. The number of rotatable bonds is 2. The van der Waals surface area contributed by atoms with Gasteiger partial charge < -0.3 is 5.73 Å². The molecule has 2 saturated carbocycles. The van der Waals surface area contributed by atoms with Crippen LogP contribution in [0.5, 0.6) is 0 Å². The largest absolute Gasteiger partial charge is 0.387 e. The SMILES string of the molecule is CC1(N=C(N)C2CCCCC2)CCCCC1. The Morgan fingerprint density at radius 2 is 1.56 bits per heavy atom. The van der Waals surface area contributed by atoms with E-state index in [0.29, 0.717) is 5.92 Å². The summed E-state index contributed by atoms with van der Waals surface area (Å²) >= 11 is 0. The Morgan fingerprint density at radius 3 is 2.19 bits per heavy atom. The molecule has 0 aromatic rings. The van der Waals surface area contributed by atoms with Crippen molar-refractivity contribution in [3.05, 3.63) is 0 Å². The minimum Gasteiger partial charge on any atom is -0.387 e. The van der Waals surface area contributed by atoms with Gasteiger partial charge in [0, 0.05) is 5.92 Å². The zero-order valence-corrected chi connectivity index (χ0v) is 10.7. The molecular weight excluding hydrogens is 196 g/mol. The first-order chi connectivity index (χ1) is 7.70. The molecule has 2 nitrogen and oxygen atoms in total. The fourth-order valence-electron chi connectivity index (χ4n) is 3.23. The van der Waals surface area contributed by atoms with Crippen LogP contribution in [0.2, 0.25) is 0 Å². The van der Waals surface area contributed by atoms with E-state index in [0.717, 1.165) is 5.84 Å². The van der Waals surface area contributed by atoms with Crippen LogP contribution >= 0.6 is 0 Å². The fraction of sp³-hybridized carbons (Fsp3) is 0.929. The molecule has 0 aromatic heterocycles. The third-order valence-corrected chi connectivity index (χ3v) is 4.35. The van der Waals surface area contributed by atoms with E-state index in [4.69, 9.17) is 10.7 Å². The lowest BCUT2D eigenvalue weighted by Gasteiger charge is -2.32. The summed E-state index contributed by atoms with van der Waals surface area (Å²) in [6, 6.07) is 0. The third kappa shape index (κ3) is 2.99. The van der Waals surface area contributed by atoms with Crippen LogP contribution in [0.3, 0.4) is 0 Å². The summed E-state index contributed by atoms with van der Waals surface area (Å²) in [6.07, 6.45) is 13.1. The second kappa shape index (κ2) is 5.20. The summed E-state index contributed by atoms with van der Waals surface area (Å²) in [4.78, 5) is 4.89. The molecular formula is C14H26N2. The molecule has 2 aliphatic carbocycles. The van der Waals surface area contributed by atoms with E-state index in [2.05, 4.69) is 6.92 Å². The van der Waals surface area contributed by atoms with Crippen molar-refractivity contribution in [2.45, 2.75) is 76.7 Å². The van der Waals surface area contributed by atoms with Gasteiger partial charge in [0.2, 0.25) is 0 Å². The van der Waals surface area contributed by atoms with Gasteiger partial charge in [0.05, 0.1) is 11.4 Å². The first kappa shape index (κ1) is 11.9. The molecule has 0 atom stereocenters. The van der Waals surface area contributed by atoms with Gasteiger partial charge in [0.25, 0.3) is 0 Å². The predicted molar refractivity (Wildman–Crippen MR) is 69.7 cm³/mol. The van der Waals surface area contributed by atoms with Crippen LogP contribution in [0.25, 0.3) is 0 Å². The van der Waals surface area contributed by atoms with E-state index in [1.54, 1.807) is 0 Å². The number of amidine groups is 1. The van der Waals surface area contributed by atoms with Crippen LogP contribution in [-0.2, 0) is 0 Å². The first-order valence-electron chi connectivity index (χ1n) is 7.05. The molecule has 0 bridgehead atoms. The fourth-order valence-corrected chi connectivity index (χ4v) is 3.23. The standard InChI is InChI=1S/C14H26N2/c1-14(10-6-3-7-11-14)16-13(15)12-8-4-2-5-9-12/h12H,2-11H2,1H3,(H2,15,16). The number of nitrogens with two attached hydrogens (primary N) is 1. The monoisotopic (exact) mass is 222 g/mol. The highest BCUT2D eigenvalue weighted by Crippen LogP contribution is 2.32. The van der Waals surface area contributed by atoms with Crippen molar-refractivity contribution in [1.29, 1.82) is 0 Å². The van der Waals surface area contributed by atoms with Crippen molar-refractivity contribution in [3.8, 4) is 0 Å².